The normalized spacial score (nSPS) is 18.3. The van der Waals surface area contributed by atoms with Crippen molar-refractivity contribution in [1.82, 2.24) is 9.88 Å². The lowest BCUT2D eigenvalue weighted by molar-refractivity contribution is -0.181. The van der Waals surface area contributed by atoms with Crippen molar-refractivity contribution >= 4 is 16.8 Å². The molecule has 2 aliphatic rings. The topological polar surface area (TPSA) is 51.7 Å². The molecule has 2 aromatic carbocycles. The van der Waals surface area contributed by atoms with E-state index in [1.54, 1.807) is 24.3 Å². The zero-order chi connectivity index (χ0) is 20.7. The second kappa shape index (κ2) is 7.45. The number of likely N-dealkylation sites (tertiary alicyclic amines) is 1. The maximum absolute atomic E-state index is 14.4. The highest BCUT2D eigenvalue weighted by atomic mass is 19.1. The first-order valence-electron chi connectivity index (χ1n) is 10.3. The van der Waals surface area contributed by atoms with Crippen LogP contribution >= 0.6 is 0 Å². The van der Waals surface area contributed by atoms with Crippen molar-refractivity contribution in [2.45, 2.75) is 25.6 Å². The molecular weight excluding hydrogens is 383 g/mol. The van der Waals surface area contributed by atoms with Crippen LogP contribution in [0.25, 0.3) is 22.2 Å². The number of carbonyl (C=O) groups excluding carboxylic acids is 1. The van der Waals surface area contributed by atoms with E-state index in [-0.39, 0.29) is 11.7 Å². The molecule has 2 saturated heterocycles. The number of aryl methyl sites for hydroxylation is 1. The number of pyridine rings is 1. The van der Waals surface area contributed by atoms with Crippen LogP contribution in [0.1, 0.15) is 28.8 Å². The van der Waals surface area contributed by atoms with E-state index in [1.807, 2.05) is 30.0 Å². The lowest BCUT2D eigenvalue weighted by atomic mass is 9.99. The summed E-state index contributed by atoms with van der Waals surface area (Å²) in [6.45, 7) is 4.31. The van der Waals surface area contributed by atoms with Gasteiger partial charge in [-0.25, -0.2) is 9.37 Å². The van der Waals surface area contributed by atoms with E-state index in [4.69, 9.17) is 9.47 Å². The summed E-state index contributed by atoms with van der Waals surface area (Å²) in [6, 6.07) is 14.0. The molecule has 0 bridgehead atoms. The minimum atomic E-state index is -0.536. The summed E-state index contributed by atoms with van der Waals surface area (Å²) in [5, 5.41) is 0.786. The van der Waals surface area contributed by atoms with Gasteiger partial charge in [0.1, 0.15) is 5.82 Å². The number of carbonyl (C=O) groups is 1. The van der Waals surface area contributed by atoms with Gasteiger partial charge in [0.2, 0.25) is 0 Å². The van der Waals surface area contributed by atoms with Gasteiger partial charge in [0, 0.05) is 36.9 Å². The minimum Gasteiger partial charge on any atom is -0.347 e. The zero-order valence-electron chi connectivity index (χ0n) is 16.9. The predicted octanol–water partition coefficient (Wildman–Crippen LogP) is 4.33. The van der Waals surface area contributed by atoms with Crippen LogP contribution in [0.5, 0.6) is 0 Å². The van der Waals surface area contributed by atoms with Gasteiger partial charge in [0.05, 0.1) is 30.0 Å². The Labute approximate surface area is 174 Å². The average Bonchev–Trinajstić information content (AvgIpc) is 3.21. The Bertz CT molecular complexity index is 1110. The Morgan fingerprint density at radius 2 is 1.80 bits per heavy atom. The summed E-state index contributed by atoms with van der Waals surface area (Å²) in [5.74, 6) is -0.963. The van der Waals surface area contributed by atoms with Crippen LogP contribution in [0, 0.1) is 12.7 Å². The predicted molar refractivity (Wildman–Crippen MR) is 112 cm³/mol. The van der Waals surface area contributed by atoms with Crippen molar-refractivity contribution < 1.29 is 18.7 Å². The molecule has 3 heterocycles. The number of amides is 1. The number of hydrogen-bond acceptors (Lipinski definition) is 4. The van der Waals surface area contributed by atoms with Gasteiger partial charge in [-0.15, -0.1) is 0 Å². The molecule has 3 aromatic rings. The highest BCUT2D eigenvalue weighted by Gasteiger charge is 2.41. The average molecular weight is 406 g/mol. The summed E-state index contributed by atoms with van der Waals surface area (Å²) in [4.78, 5) is 20.0. The lowest BCUT2D eigenvalue weighted by Crippen LogP contribution is -2.47. The third kappa shape index (κ3) is 3.36. The van der Waals surface area contributed by atoms with Gasteiger partial charge in [-0.2, -0.15) is 0 Å². The van der Waals surface area contributed by atoms with Gasteiger partial charge in [-0.1, -0.05) is 23.8 Å². The Morgan fingerprint density at radius 3 is 2.53 bits per heavy atom. The van der Waals surface area contributed by atoms with Gasteiger partial charge in [0.15, 0.2) is 5.79 Å². The van der Waals surface area contributed by atoms with Crippen molar-refractivity contribution in [2.75, 3.05) is 26.3 Å². The second-order valence-electron chi connectivity index (χ2n) is 7.96. The summed E-state index contributed by atoms with van der Waals surface area (Å²) in [6.07, 6.45) is 1.31. The molecule has 154 valence electrons. The van der Waals surface area contributed by atoms with Gasteiger partial charge < -0.3 is 14.4 Å². The number of fused-ring (bicyclic) bond motifs is 1. The first-order valence-corrected chi connectivity index (χ1v) is 10.3. The smallest absolute Gasteiger partial charge is 0.254 e. The quantitative estimate of drug-likeness (QED) is 0.636. The van der Waals surface area contributed by atoms with E-state index in [0.29, 0.717) is 61.5 Å². The minimum absolute atomic E-state index is 0.0709. The highest BCUT2D eigenvalue weighted by Crippen LogP contribution is 2.33. The molecule has 0 atom stereocenters. The lowest BCUT2D eigenvalue weighted by Gasteiger charge is -2.37. The molecule has 0 radical (unpaired) electrons. The number of ether oxygens (including phenoxy) is 2. The van der Waals surface area contributed by atoms with E-state index < -0.39 is 5.79 Å². The van der Waals surface area contributed by atoms with E-state index in [1.165, 1.54) is 6.07 Å². The summed E-state index contributed by atoms with van der Waals surface area (Å²) in [5.41, 5.74) is 3.12. The van der Waals surface area contributed by atoms with Crippen LogP contribution in [0.4, 0.5) is 4.39 Å². The van der Waals surface area contributed by atoms with Gasteiger partial charge in [-0.3, -0.25) is 4.79 Å². The van der Waals surface area contributed by atoms with E-state index in [0.717, 1.165) is 10.9 Å². The molecule has 1 aromatic heterocycles. The van der Waals surface area contributed by atoms with Crippen LogP contribution < -0.4 is 0 Å². The summed E-state index contributed by atoms with van der Waals surface area (Å²) >= 11 is 0. The Kier molecular flexibility index (Phi) is 4.76. The molecule has 2 fully saturated rings. The van der Waals surface area contributed by atoms with Crippen molar-refractivity contribution in [1.29, 1.82) is 0 Å². The fraction of sp³-hybridized carbons (Fsp3) is 0.333. The monoisotopic (exact) mass is 406 g/mol. The molecule has 0 N–H and O–H groups in total. The molecule has 30 heavy (non-hydrogen) atoms. The number of aromatic nitrogens is 1. The van der Waals surface area contributed by atoms with Crippen molar-refractivity contribution in [2.24, 2.45) is 0 Å². The molecule has 5 rings (SSSR count). The number of nitrogens with zero attached hydrogens (tertiary/aromatic N) is 2. The molecule has 1 amide bonds. The Balaban J connectivity index is 1.54. The molecule has 5 nitrogen and oxygen atoms in total. The number of rotatable bonds is 2. The highest BCUT2D eigenvalue weighted by molar-refractivity contribution is 6.07. The third-order valence-electron chi connectivity index (χ3n) is 5.97. The molecular formula is C24H23FN2O3. The maximum Gasteiger partial charge on any atom is 0.254 e. The molecule has 0 aliphatic carbocycles. The largest absolute Gasteiger partial charge is 0.347 e. The summed E-state index contributed by atoms with van der Waals surface area (Å²) in [7, 11) is 0. The molecule has 2 aliphatic heterocycles. The standard InChI is InChI=1S/C24H23FN2O3/c1-16-6-7-21-18(14-16)19(15-22(26-21)17-4-2-3-5-20(17)25)23(28)27-10-8-24(9-11-27)29-12-13-30-24/h2-7,14-15H,8-13H2,1H3. The van der Waals surface area contributed by atoms with Gasteiger partial charge in [-0.05, 0) is 37.3 Å². The van der Waals surface area contributed by atoms with Crippen LogP contribution in [-0.4, -0.2) is 47.9 Å². The van der Waals surface area contributed by atoms with E-state index >= 15 is 0 Å². The van der Waals surface area contributed by atoms with E-state index in [9.17, 15) is 9.18 Å². The number of piperidine rings is 1. The second-order valence-corrected chi connectivity index (χ2v) is 7.96. The van der Waals surface area contributed by atoms with Crippen LogP contribution in [0.3, 0.4) is 0 Å². The van der Waals surface area contributed by atoms with Crippen molar-refractivity contribution in [3.05, 3.63) is 65.5 Å². The number of benzene rings is 2. The fourth-order valence-corrected chi connectivity index (χ4v) is 4.33. The number of halogens is 1. The Morgan fingerprint density at radius 1 is 1.07 bits per heavy atom. The first-order chi connectivity index (χ1) is 14.5. The van der Waals surface area contributed by atoms with Gasteiger partial charge in [0.25, 0.3) is 5.91 Å². The third-order valence-corrected chi connectivity index (χ3v) is 5.97. The van der Waals surface area contributed by atoms with Crippen molar-refractivity contribution in [3.8, 4) is 11.3 Å². The molecule has 6 heteroatoms. The van der Waals surface area contributed by atoms with Crippen molar-refractivity contribution in [3.63, 3.8) is 0 Å². The Hall–Kier alpha value is -2.83. The van der Waals surface area contributed by atoms with E-state index in [2.05, 4.69) is 4.98 Å². The molecule has 1 spiro atoms. The fourth-order valence-electron chi connectivity index (χ4n) is 4.33. The maximum atomic E-state index is 14.4. The SMILES string of the molecule is Cc1ccc2nc(-c3ccccc3F)cc(C(=O)N3CCC4(CC3)OCCO4)c2c1. The zero-order valence-corrected chi connectivity index (χ0v) is 16.9. The molecule has 0 unspecified atom stereocenters. The first kappa shape index (κ1) is 19.2. The van der Waals surface area contributed by atoms with Crippen LogP contribution in [0.15, 0.2) is 48.5 Å². The summed E-state index contributed by atoms with van der Waals surface area (Å²) < 4.78 is 26.0. The number of hydrogen-bond donors (Lipinski definition) is 0. The van der Waals surface area contributed by atoms with Crippen LogP contribution in [-0.2, 0) is 9.47 Å². The van der Waals surface area contributed by atoms with Crippen LogP contribution in [0.2, 0.25) is 0 Å². The van der Waals surface area contributed by atoms with Gasteiger partial charge >= 0.3 is 0 Å². The molecule has 0 saturated carbocycles.